The van der Waals surface area contributed by atoms with E-state index < -0.39 is 5.97 Å². The number of aryl methyl sites for hydroxylation is 1. The van der Waals surface area contributed by atoms with Gasteiger partial charge in [0.15, 0.2) is 17.3 Å². The first-order valence-electron chi connectivity index (χ1n) is 6.97. The molecular weight excluding hydrogens is 378 g/mol. The number of carboxylic acid groups (broad SMARTS) is 1. The molecule has 2 aromatic rings. The zero-order chi connectivity index (χ0) is 18.0. The van der Waals surface area contributed by atoms with Gasteiger partial charge >= 0.3 is 5.97 Å². The number of rotatable bonds is 5. The molecule has 0 amide bonds. The maximum absolute atomic E-state index is 12.4. The molecule has 0 saturated heterocycles. The number of phenolic OH excluding ortho intramolecular Hbond substituents is 1. The average molecular weight is 394 g/mol. The van der Waals surface area contributed by atoms with Crippen LogP contribution in [0.4, 0.5) is 0 Å². The van der Waals surface area contributed by atoms with E-state index in [1.54, 1.807) is 32.1 Å². The van der Waals surface area contributed by atoms with Crippen molar-refractivity contribution >= 4 is 33.8 Å². The first kappa shape index (κ1) is 17.8. The third-order valence-corrected chi connectivity index (χ3v) is 4.20. The summed E-state index contributed by atoms with van der Waals surface area (Å²) in [5.41, 5.74) is 1.91. The number of hydrogen-bond donors (Lipinski definition) is 3. The summed E-state index contributed by atoms with van der Waals surface area (Å²) in [4.78, 5) is 26.2. The molecule has 0 spiro atoms. The van der Waals surface area contributed by atoms with Crippen molar-refractivity contribution in [2.45, 2.75) is 13.8 Å². The number of aromatic hydroxyl groups is 1. The van der Waals surface area contributed by atoms with Gasteiger partial charge in [-0.15, -0.1) is 0 Å². The monoisotopic (exact) mass is 393 g/mol. The first-order chi connectivity index (χ1) is 11.3. The van der Waals surface area contributed by atoms with Gasteiger partial charge in [0.2, 0.25) is 0 Å². The number of carbonyl (C=O) groups is 2. The molecule has 0 aliphatic rings. The molecule has 126 valence electrons. The maximum Gasteiger partial charge on any atom is 0.352 e. The van der Waals surface area contributed by atoms with Crippen LogP contribution in [0.25, 0.3) is 6.08 Å². The zero-order valence-corrected chi connectivity index (χ0v) is 14.9. The summed E-state index contributed by atoms with van der Waals surface area (Å²) >= 11 is 3.21. The summed E-state index contributed by atoms with van der Waals surface area (Å²) in [5, 5.41) is 18.9. The minimum Gasteiger partial charge on any atom is -0.503 e. The normalized spacial score (nSPS) is 11.0. The standard InChI is InChI=1S/C17H16BrNO5/c1-8-14(9(2)19-15(8)17(22)23)12(20)5-4-10-6-11(18)16(21)13(7-10)24-3/h4-7,19,21H,1-3H3,(H,22,23)/b5-4+. The van der Waals surface area contributed by atoms with E-state index in [9.17, 15) is 14.7 Å². The van der Waals surface area contributed by atoms with Crippen LogP contribution < -0.4 is 4.74 Å². The van der Waals surface area contributed by atoms with Gasteiger partial charge in [-0.3, -0.25) is 4.79 Å². The lowest BCUT2D eigenvalue weighted by atomic mass is 10.0. The van der Waals surface area contributed by atoms with Crippen LogP contribution in [0.2, 0.25) is 0 Å². The summed E-state index contributed by atoms with van der Waals surface area (Å²) in [6.45, 7) is 3.24. The SMILES string of the molecule is COc1cc(/C=C/C(=O)c2c(C)[nH]c(C(=O)O)c2C)cc(Br)c1O. The van der Waals surface area contributed by atoms with Gasteiger partial charge < -0.3 is 19.9 Å². The van der Waals surface area contributed by atoms with Crippen molar-refractivity contribution in [2.24, 2.45) is 0 Å². The molecule has 24 heavy (non-hydrogen) atoms. The number of carboxylic acids is 1. The third-order valence-electron chi connectivity index (χ3n) is 3.60. The summed E-state index contributed by atoms with van der Waals surface area (Å²) in [7, 11) is 1.43. The first-order valence-corrected chi connectivity index (χ1v) is 7.77. The lowest BCUT2D eigenvalue weighted by Gasteiger charge is -2.06. The molecule has 6 nitrogen and oxygen atoms in total. The number of aromatic carboxylic acids is 1. The second-order valence-corrected chi connectivity index (χ2v) is 6.04. The smallest absolute Gasteiger partial charge is 0.352 e. The number of H-pyrrole nitrogens is 1. The Morgan fingerprint density at radius 3 is 2.50 bits per heavy atom. The second kappa shape index (κ2) is 6.92. The molecule has 0 bridgehead atoms. The fourth-order valence-electron chi connectivity index (χ4n) is 2.43. The fraction of sp³-hybridized carbons (Fsp3) is 0.176. The predicted molar refractivity (Wildman–Crippen MR) is 92.9 cm³/mol. The number of halogens is 1. The molecule has 0 saturated carbocycles. The molecule has 0 atom stereocenters. The van der Waals surface area contributed by atoms with Gasteiger partial charge in [0.25, 0.3) is 0 Å². The number of carbonyl (C=O) groups excluding carboxylic acids is 1. The Morgan fingerprint density at radius 1 is 1.29 bits per heavy atom. The largest absolute Gasteiger partial charge is 0.503 e. The molecule has 0 aliphatic heterocycles. The average Bonchev–Trinajstić information content (AvgIpc) is 2.83. The highest BCUT2D eigenvalue weighted by molar-refractivity contribution is 9.10. The van der Waals surface area contributed by atoms with E-state index in [0.29, 0.717) is 26.9 Å². The van der Waals surface area contributed by atoms with Gasteiger partial charge in [-0.25, -0.2) is 4.79 Å². The van der Waals surface area contributed by atoms with Crippen molar-refractivity contribution in [1.82, 2.24) is 4.98 Å². The number of aromatic amines is 1. The zero-order valence-electron chi connectivity index (χ0n) is 13.3. The summed E-state index contributed by atoms with van der Waals surface area (Å²) in [6, 6.07) is 3.23. The van der Waals surface area contributed by atoms with Crippen LogP contribution in [0.1, 0.15) is 37.7 Å². The number of aromatic nitrogens is 1. The van der Waals surface area contributed by atoms with E-state index in [-0.39, 0.29) is 23.0 Å². The quantitative estimate of drug-likeness (QED) is 0.531. The molecule has 0 unspecified atom stereocenters. The molecule has 0 aliphatic carbocycles. The highest BCUT2D eigenvalue weighted by Crippen LogP contribution is 2.35. The Morgan fingerprint density at radius 2 is 1.96 bits per heavy atom. The Kier molecular flexibility index (Phi) is 5.14. The van der Waals surface area contributed by atoms with Crippen LogP contribution >= 0.6 is 15.9 Å². The Hall–Kier alpha value is -2.54. The van der Waals surface area contributed by atoms with Crippen LogP contribution in [-0.2, 0) is 0 Å². The lowest BCUT2D eigenvalue weighted by Crippen LogP contribution is -2.01. The third kappa shape index (κ3) is 3.35. The van der Waals surface area contributed by atoms with Gasteiger partial charge in [-0.2, -0.15) is 0 Å². The Balaban J connectivity index is 2.35. The van der Waals surface area contributed by atoms with Crippen molar-refractivity contribution in [3.05, 3.63) is 50.8 Å². The van der Waals surface area contributed by atoms with Crippen LogP contribution in [0.5, 0.6) is 11.5 Å². The van der Waals surface area contributed by atoms with Gasteiger partial charge in [-0.05, 0) is 59.1 Å². The Bertz CT molecular complexity index is 851. The molecular formula is C17H16BrNO5. The number of nitrogens with one attached hydrogen (secondary N) is 1. The minimum atomic E-state index is -1.11. The van der Waals surface area contributed by atoms with Gasteiger partial charge in [-0.1, -0.05) is 6.08 Å². The van der Waals surface area contributed by atoms with E-state index in [1.807, 2.05) is 0 Å². The molecule has 1 aromatic heterocycles. The van der Waals surface area contributed by atoms with Crippen molar-refractivity contribution in [3.8, 4) is 11.5 Å². The summed E-state index contributed by atoms with van der Waals surface area (Å²) in [6.07, 6.45) is 2.93. The highest BCUT2D eigenvalue weighted by atomic mass is 79.9. The predicted octanol–water partition coefficient (Wildman–Crippen LogP) is 3.70. The summed E-state index contributed by atoms with van der Waals surface area (Å²) in [5.74, 6) is -1.16. The topological polar surface area (TPSA) is 99.6 Å². The molecule has 1 aromatic carbocycles. The van der Waals surface area contributed by atoms with Crippen LogP contribution in [-0.4, -0.2) is 34.1 Å². The Labute approximate surface area is 146 Å². The van der Waals surface area contributed by atoms with E-state index in [2.05, 4.69) is 20.9 Å². The van der Waals surface area contributed by atoms with Gasteiger partial charge in [0.05, 0.1) is 11.6 Å². The maximum atomic E-state index is 12.4. The van der Waals surface area contributed by atoms with E-state index >= 15 is 0 Å². The van der Waals surface area contributed by atoms with Crippen LogP contribution in [0, 0.1) is 13.8 Å². The molecule has 1 heterocycles. The number of benzene rings is 1. The molecule has 2 rings (SSSR count). The number of ether oxygens (including phenoxy) is 1. The van der Waals surface area contributed by atoms with E-state index in [4.69, 9.17) is 9.84 Å². The van der Waals surface area contributed by atoms with Gasteiger partial charge in [0.1, 0.15) is 5.69 Å². The van der Waals surface area contributed by atoms with Crippen LogP contribution in [0.3, 0.4) is 0 Å². The summed E-state index contributed by atoms with van der Waals surface area (Å²) < 4.78 is 5.50. The van der Waals surface area contributed by atoms with Crippen LogP contribution in [0.15, 0.2) is 22.7 Å². The van der Waals surface area contributed by atoms with E-state index in [1.165, 1.54) is 13.2 Å². The molecule has 7 heteroatoms. The number of phenols is 1. The van der Waals surface area contributed by atoms with Crippen molar-refractivity contribution in [2.75, 3.05) is 7.11 Å². The van der Waals surface area contributed by atoms with E-state index in [0.717, 1.165) is 0 Å². The second-order valence-electron chi connectivity index (χ2n) is 5.18. The minimum absolute atomic E-state index is 0.0123. The highest BCUT2D eigenvalue weighted by Gasteiger charge is 2.20. The fourth-order valence-corrected chi connectivity index (χ4v) is 2.89. The number of methoxy groups -OCH3 is 1. The number of ketones is 1. The number of hydrogen-bond acceptors (Lipinski definition) is 4. The lowest BCUT2D eigenvalue weighted by molar-refractivity contribution is 0.0690. The van der Waals surface area contributed by atoms with Crippen molar-refractivity contribution in [3.63, 3.8) is 0 Å². The molecule has 0 radical (unpaired) electrons. The van der Waals surface area contributed by atoms with Crippen molar-refractivity contribution < 1.29 is 24.5 Å². The molecule has 3 N–H and O–H groups in total. The molecule has 0 fully saturated rings. The van der Waals surface area contributed by atoms with Crippen molar-refractivity contribution in [1.29, 1.82) is 0 Å². The number of allylic oxidation sites excluding steroid dienone is 1. The van der Waals surface area contributed by atoms with Gasteiger partial charge in [0, 0.05) is 11.3 Å².